The highest BCUT2D eigenvalue weighted by Crippen LogP contribution is 2.44. The smallest absolute Gasteiger partial charge is 0.207 e. The van der Waals surface area contributed by atoms with E-state index in [1.807, 2.05) is 19.1 Å². The molecule has 0 amide bonds. The monoisotopic (exact) mass is 263 g/mol. The average Bonchev–Trinajstić information content (AvgIpc) is 2.91. The van der Waals surface area contributed by atoms with Crippen molar-refractivity contribution < 1.29 is 8.42 Å². The Kier molecular flexibility index (Phi) is 2.94. The Morgan fingerprint density at radius 3 is 2.50 bits per heavy atom. The molecule has 2 radical (unpaired) electrons. The first-order valence-electron chi connectivity index (χ1n) is 6.40. The molecule has 2 aliphatic carbocycles. The van der Waals surface area contributed by atoms with Gasteiger partial charge in [0.2, 0.25) is 10.0 Å². The molecule has 3 rings (SSSR count). The van der Waals surface area contributed by atoms with Crippen LogP contribution < -0.4 is 4.72 Å². The lowest BCUT2D eigenvalue weighted by molar-refractivity contribution is 0.451. The Morgan fingerprint density at radius 1 is 1.22 bits per heavy atom. The summed E-state index contributed by atoms with van der Waals surface area (Å²) >= 11 is 0. The molecule has 1 aromatic rings. The molecule has 0 heterocycles. The van der Waals surface area contributed by atoms with Gasteiger partial charge in [-0.15, -0.1) is 0 Å². The number of nitrogens with one attached hydrogen (secondary N) is 1. The van der Waals surface area contributed by atoms with Gasteiger partial charge in [0.15, 0.2) is 0 Å². The predicted molar refractivity (Wildman–Crippen MR) is 69.4 cm³/mol. The van der Waals surface area contributed by atoms with Crippen molar-refractivity contribution in [2.45, 2.75) is 37.1 Å². The van der Waals surface area contributed by atoms with Crippen LogP contribution in [0.5, 0.6) is 0 Å². The number of aryl methyl sites for hydroxylation is 1. The first-order valence-corrected chi connectivity index (χ1v) is 7.88. The molecule has 96 valence electrons. The molecule has 2 bridgehead atoms. The molecule has 0 aromatic heterocycles. The van der Waals surface area contributed by atoms with Crippen molar-refractivity contribution in [1.29, 1.82) is 0 Å². The number of rotatable bonds is 3. The molecule has 3 atom stereocenters. The Hall–Kier alpha value is -0.870. The third-order valence-corrected chi connectivity index (χ3v) is 5.43. The fourth-order valence-electron chi connectivity index (χ4n) is 2.94. The van der Waals surface area contributed by atoms with Crippen LogP contribution >= 0.6 is 0 Å². The van der Waals surface area contributed by atoms with E-state index in [0.29, 0.717) is 16.7 Å². The van der Waals surface area contributed by atoms with E-state index in [2.05, 4.69) is 11.1 Å². The van der Waals surface area contributed by atoms with Gasteiger partial charge in [-0.1, -0.05) is 17.7 Å². The minimum atomic E-state index is -3.40. The van der Waals surface area contributed by atoms with Crippen molar-refractivity contribution >= 4 is 10.0 Å². The van der Waals surface area contributed by atoms with Crippen LogP contribution in [0.15, 0.2) is 29.2 Å². The first kappa shape index (κ1) is 12.2. The van der Waals surface area contributed by atoms with E-state index in [1.165, 1.54) is 6.42 Å². The van der Waals surface area contributed by atoms with Crippen molar-refractivity contribution in [1.82, 2.24) is 4.72 Å². The van der Waals surface area contributed by atoms with Crippen molar-refractivity contribution in [3.63, 3.8) is 0 Å². The van der Waals surface area contributed by atoms with Crippen molar-refractivity contribution in [3.05, 3.63) is 36.2 Å². The Morgan fingerprint density at radius 2 is 1.94 bits per heavy atom. The minimum Gasteiger partial charge on any atom is -0.207 e. The topological polar surface area (TPSA) is 46.2 Å². The van der Waals surface area contributed by atoms with Crippen LogP contribution in [0.4, 0.5) is 0 Å². The standard InChI is InChI=1S/C14H17NO2S/c1-10-2-6-13(7-3-10)18(16,17)15-14-9-11-4-5-12(14)8-11/h2-3,6-7,11-12,14-15H,4-5,8H2,1H3/t11-,12+,14+/m1/s1. The van der Waals surface area contributed by atoms with Gasteiger partial charge in [0.05, 0.1) is 4.90 Å². The van der Waals surface area contributed by atoms with Crippen LogP contribution in [-0.4, -0.2) is 14.5 Å². The van der Waals surface area contributed by atoms with Crippen LogP contribution in [0.1, 0.15) is 24.8 Å². The van der Waals surface area contributed by atoms with Gasteiger partial charge in [-0.25, -0.2) is 13.1 Å². The summed E-state index contributed by atoms with van der Waals surface area (Å²) in [6, 6.07) is 6.87. The minimum absolute atomic E-state index is 0.0879. The van der Waals surface area contributed by atoms with E-state index < -0.39 is 10.0 Å². The summed E-state index contributed by atoms with van der Waals surface area (Å²) in [5.74, 6) is 0.955. The molecule has 3 nitrogen and oxygen atoms in total. The molecule has 2 aliphatic rings. The van der Waals surface area contributed by atoms with Crippen LogP contribution in [-0.2, 0) is 10.0 Å². The summed E-state index contributed by atoms with van der Waals surface area (Å²) in [6.07, 6.45) is 6.73. The normalized spacial score (nSPS) is 30.8. The number of fused-ring (bicyclic) bond motifs is 2. The fraction of sp³-hybridized carbons (Fsp3) is 0.500. The average molecular weight is 263 g/mol. The molecule has 1 N–H and O–H groups in total. The number of benzene rings is 1. The molecule has 0 unspecified atom stereocenters. The second-order valence-electron chi connectivity index (χ2n) is 5.35. The summed E-state index contributed by atoms with van der Waals surface area (Å²) in [4.78, 5) is 0.345. The zero-order valence-corrected chi connectivity index (χ0v) is 11.2. The van der Waals surface area contributed by atoms with Gasteiger partial charge in [-0.05, 0) is 50.2 Å². The van der Waals surface area contributed by atoms with E-state index in [4.69, 9.17) is 0 Å². The zero-order chi connectivity index (χ0) is 12.8. The van der Waals surface area contributed by atoms with Crippen molar-refractivity contribution in [2.75, 3.05) is 0 Å². The largest absolute Gasteiger partial charge is 0.240 e. The van der Waals surface area contributed by atoms with Gasteiger partial charge >= 0.3 is 0 Å². The van der Waals surface area contributed by atoms with Gasteiger partial charge in [0.25, 0.3) is 0 Å². The molecule has 1 aromatic carbocycles. The van der Waals surface area contributed by atoms with E-state index in [0.717, 1.165) is 18.4 Å². The zero-order valence-electron chi connectivity index (χ0n) is 10.4. The Labute approximate surface area is 109 Å². The molecule has 4 heteroatoms. The van der Waals surface area contributed by atoms with E-state index >= 15 is 0 Å². The van der Waals surface area contributed by atoms with Gasteiger partial charge in [0.1, 0.15) is 0 Å². The third-order valence-electron chi connectivity index (χ3n) is 3.97. The van der Waals surface area contributed by atoms with Gasteiger partial charge in [-0.2, -0.15) is 0 Å². The predicted octanol–water partition coefficient (Wildman–Crippen LogP) is 2.15. The maximum atomic E-state index is 12.2. The summed E-state index contributed by atoms with van der Waals surface area (Å²) in [6.45, 7) is 1.95. The van der Waals surface area contributed by atoms with Crippen LogP contribution in [0, 0.1) is 25.2 Å². The maximum Gasteiger partial charge on any atom is 0.240 e. The SMILES string of the molecule is Cc1ccc(S(=O)(=O)N[C@H]2[C][C@@H]3CC[C@H]2C3)cc1. The highest BCUT2D eigenvalue weighted by Gasteiger charge is 2.41. The molecule has 0 spiro atoms. The molecular formula is C14H17NO2S. The van der Waals surface area contributed by atoms with Crippen LogP contribution in [0.3, 0.4) is 0 Å². The lowest BCUT2D eigenvalue weighted by atomic mass is 9.96. The van der Waals surface area contributed by atoms with Crippen LogP contribution in [0.25, 0.3) is 0 Å². The number of hydrogen-bond acceptors (Lipinski definition) is 2. The van der Waals surface area contributed by atoms with E-state index in [9.17, 15) is 8.42 Å². The molecule has 2 saturated carbocycles. The first-order chi connectivity index (χ1) is 8.54. The van der Waals surface area contributed by atoms with Crippen molar-refractivity contribution in [2.24, 2.45) is 11.8 Å². The Bertz CT molecular complexity index is 535. The summed E-state index contributed by atoms with van der Waals surface area (Å²) in [7, 11) is -3.40. The lowest BCUT2D eigenvalue weighted by Crippen LogP contribution is -2.38. The van der Waals surface area contributed by atoms with E-state index in [1.54, 1.807) is 12.1 Å². The highest BCUT2D eigenvalue weighted by molar-refractivity contribution is 7.89. The lowest BCUT2D eigenvalue weighted by Gasteiger charge is -2.22. The molecule has 0 aliphatic heterocycles. The van der Waals surface area contributed by atoms with Gasteiger partial charge in [0, 0.05) is 12.5 Å². The van der Waals surface area contributed by atoms with Crippen molar-refractivity contribution in [3.8, 4) is 0 Å². The maximum absolute atomic E-state index is 12.2. The van der Waals surface area contributed by atoms with E-state index in [-0.39, 0.29) is 6.04 Å². The summed E-state index contributed by atoms with van der Waals surface area (Å²) < 4.78 is 27.2. The van der Waals surface area contributed by atoms with Crippen LogP contribution in [0.2, 0.25) is 0 Å². The number of hydrogen-bond donors (Lipinski definition) is 1. The number of sulfonamides is 1. The summed E-state index contributed by atoms with van der Waals surface area (Å²) in [5.41, 5.74) is 1.06. The third kappa shape index (κ3) is 2.19. The Balaban J connectivity index is 1.77. The molecule has 2 fully saturated rings. The van der Waals surface area contributed by atoms with Gasteiger partial charge < -0.3 is 0 Å². The fourth-order valence-corrected chi connectivity index (χ4v) is 4.17. The second kappa shape index (κ2) is 4.35. The molecule has 18 heavy (non-hydrogen) atoms. The quantitative estimate of drug-likeness (QED) is 0.908. The molecular weight excluding hydrogens is 246 g/mol. The second-order valence-corrected chi connectivity index (χ2v) is 7.06. The van der Waals surface area contributed by atoms with Gasteiger partial charge in [-0.3, -0.25) is 0 Å². The molecule has 0 saturated heterocycles. The highest BCUT2D eigenvalue weighted by atomic mass is 32.2. The summed E-state index contributed by atoms with van der Waals surface area (Å²) in [5, 5.41) is 0.